The number of hydrogen-bond donors (Lipinski definition) is 1. The summed E-state index contributed by atoms with van der Waals surface area (Å²) in [7, 11) is 0. The molecule has 88 valence electrons. The highest BCUT2D eigenvalue weighted by Crippen LogP contribution is 2.31. The Morgan fingerprint density at radius 3 is 2.71 bits per heavy atom. The molecule has 1 unspecified atom stereocenters. The normalized spacial score (nSPS) is 12.5. The first-order valence-electron chi connectivity index (χ1n) is 4.91. The van der Waals surface area contributed by atoms with Gasteiger partial charge in [-0.05, 0) is 34.1 Å². The second-order valence-corrected chi connectivity index (χ2v) is 4.73. The number of aromatic nitrogens is 1. The van der Waals surface area contributed by atoms with Crippen molar-refractivity contribution in [2.75, 3.05) is 0 Å². The first kappa shape index (κ1) is 12.5. The average Bonchev–Trinajstić information content (AvgIpc) is 2.36. The Bertz CT molecular complexity index is 534. The summed E-state index contributed by atoms with van der Waals surface area (Å²) in [6.45, 7) is 0. The minimum absolute atomic E-state index is 0.0360. The van der Waals surface area contributed by atoms with Crippen molar-refractivity contribution >= 4 is 27.5 Å². The molecule has 0 aliphatic heterocycles. The van der Waals surface area contributed by atoms with E-state index in [9.17, 15) is 4.39 Å². The zero-order valence-corrected chi connectivity index (χ0v) is 11.0. The summed E-state index contributed by atoms with van der Waals surface area (Å²) in [5, 5.41) is 0.0360. The fraction of sp³-hybridized carbons (Fsp3) is 0.0833. The van der Waals surface area contributed by atoms with Crippen LogP contribution in [0.25, 0.3) is 0 Å². The second-order valence-electron chi connectivity index (χ2n) is 3.50. The number of nitrogens with two attached hydrogens (primary N) is 1. The molecule has 5 heteroatoms. The predicted octanol–water partition coefficient (Wildman–Crippen LogP) is 3.68. The van der Waals surface area contributed by atoms with Gasteiger partial charge in [0.25, 0.3) is 0 Å². The van der Waals surface area contributed by atoms with Crippen molar-refractivity contribution in [3.8, 4) is 0 Å². The lowest BCUT2D eigenvalue weighted by Crippen LogP contribution is -2.15. The maximum atomic E-state index is 13.9. The third kappa shape index (κ3) is 2.49. The molecular formula is C12H9BrClFN2. The molecule has 0 bridgehead atoms. The number of hydrogen-bond acceptors (Lipinski definition) is 2. The van der Waals surface area contributed by atoms with Crippen molar-refractivity contribution in [1.29, 1.82) is 0 Å². The molecule has 1 heterocycles. The molecule has 0 amide bonds. The summed E-state index contributed by atoms with van der Waals surface area (Å²) in [4.78, 5) is 4.10. The smallest absolute Gasteiger partial charge is 0.148 e. The summed E-state index contributed by atoms with van der Waals surface area (Å²) in [6, 6.07) is 7.98. The summed E-state index contributed by atoms with van der Waals surface area (Å²) in [5.74, 6) is -0.515. The Morgan fingerprint density at radius 1 is 1.29 bits per heavy atom. The Labute approximate surface area is 112 Å². The van der Waals surface area contributed by atoms with Crippen molar-refractivity contribution in [2.24, 2.45) is 5.73 Å². The van der Waals surface area contributed by atoms with Crippen LogP contribution in [0.5, 0.6) is 0 Å². The SMILES string of the molecule is NC(c1ccccn1)c1ccc(Br)c(Cl)c1F. The van der Waals surface area contributed by atoms with Gasteiger partial charge in [0, 0.05) is 16.2 Å². The van der Waals surface area contributed by atoms with Crippen LogP contribution < -0.4 is 5.73 Å². The molecule has 0 aliphatic carbocycles. The van der Waals surface area contributed by atoms with Crippen LogP contribution in [0.15, 0.2) is 41.0 Å². The maximum Gasteiger partial charge on any atom is 0.148 e. The lowest BCUT2D eigenvalue weighted by Gasteiger charge is -2.13. The molecule has 0 saturated heterocycles. The van der Waals surface area contributed by atoms with Crippen LogP contribution in [0.4, 0.5) is 4.39 Å². The Hall–Kier alpha value is -0.970. The fourth-order valence-electron chi connectivity index (χ4n) is 1.50. The highest BCUT2D eigenvalue weighted by Gasteiger charge is 2.18. The molecule has 0 fully saturated rings. The number of benzene rings is 1. The number of nitrogens with zero attached hydrogens (tertiary/aromatic N) is 1. The third-order valence-electron chi connectivity index (χ3n) is 2.41. The van der Waals surface area contributed by atoms with Gasteiger partial charge in [-0.25, -0.2) is 4.39 Å². The minimum Gasteiger partial charge on any atom is -0.319 e. The number of halogens is 3. The van der Waals surface area contributed by atoms with Gasteiger partial charge in [0.1, 0.15) is 5.82 Å². The van der Waals surface area contributed by atoms with Gasteiger partial charge in [0.2, 0.25) is 0 Å². The van der Waals surface area contributed by atoms with Gasteiger partial charge < -0.3 is 5.73 Å². The number of pyridine rings is 1. The van der Waals surface area contributed by atoms with E-state index in [0.717, 1.165) is 0 Å². The molecule has 2 rings (SSSR count). The van der Waals surface area contributed by atoms with Crippen LogP contribution in [0.1, 0.15) is 17.3 Å². The van der Waals surface area contributed by atoms with Crippen LogP contribution in [-0.4, -0.2) is 4.98 Å². The average molecular weight is 316 g/mol. The zero-order valence-electron chi connectivity index (χ0n) is 8.70. The van der Waals surface area contributed by atoms with Crippen molar-refractivity contribution in [1.82, 2.24) is 4.98 Å². The van der Waals surface area contributed by atoms with Gasteiger partial charge >= 0.3 is 0 Å². The molecule has 0 aliphatic rings. The second kappa shape index (κ2) is 5.12. The molecule has 17 heavy (non-hydrogen) atoms. The Kier molecular flexibility index (Phi) is 3.76. The quantitative estimate of drug-likeness (QED) is 0.859. The van der Waals surface area contributed by atoms with Crippen molar-refractivity contribution in [3.05, 3.63) is 63.1 Å². The van der Waals surface area contributed by atoms with E-state index < -0.39 is 11.9 Å². The Balaban J connectivity index is 2.45. The molecule has 0 saturated carbocycles. The van der Waals surface area contributed by atoms with Gasteiger partial charge in [0.15, 0.2) is 0 Å². The van der Waals surface area contributed by atoms with Crippen molar-refractivity contribution in [2.45, 2.75) is 6.04 Å². The number of rotatable bonds is 2. The largest absolute Gasteiger partial charge is 0.319 e. The molecule has 0 spiro atoms. The molecular weight excluding hydrogens is 307 g/mol. The maximum absolute atomic E-state index is 13.9. The van der Waals surface area contributed by atoms with E-state index in [1.54, 1.807) is 36.5 Å². The van der Waals surface area contributed by atoms with Gasteiger partial charge in [-0.1, -0.05) is 23.7 Å². The molecule has 2 N–H and O–H groups in total. The first-order chi connectivity index (χ1) is 8.11. The summed E-state index contributed by atoms with van der Waals surface area (Å²) in [6.07, 6.45) is 1.62. The monoisotopic (exact) mass is 314 g/mol. The van der Waals surface area contributed by atoms with Gasteiger partial charge in [-0.3, -0.25) is 4.98 Å². The van der Waals surface area contributed by atoms with E-state index in [1.165, 1.54) is 0 Å². The topological polar surface area (TPSA) is 38.9 Å². The molecule has 2 nitrogen and oxygen atoms in total. The van der Waals surface area contributed by atoms with E-state index in [-0.39, 0.29) is 5.02 Å². The van der Waals surface area contributed by atoms with E-state index in [1.807, 2.05) is 0 Å². The molecule has 0 radical (unpaired) electrons. The van der Waals surface area contributed by atoms with Crippen LogP contribution in [-0.2, 0) is 0 Å². The van der Waals surface area contributed by atoms with Crippen LogP contribution in [0.3, 0.4) is 0 Å². The third-order valence-corrected chi connectivity index (χ3v) is 3.67. The van der Waals surface area contributed by atoms with E-state index in [4.69, 9.17) is 17.3 Å². The van der Waals surface area contributed by atoms with Gasteiger partial charge in [-0.15, -0.1) is 0 Å². The molecule has 1 atom stereocenters. The van der Waals surface area contributed by atoms with Gasteiger partial charge in [0.05, 0.1) is 16.8 Å². The van der Waals surface area contributed by atoms with Crippen molar-refractivity contribution < 1.29 is 4.39 Å². The van der Waals surface area contributed by atoms with E-state index in [0.29, 0.717) is 15.7 Å². The molecule has 2 aromatic rings. The van der Waals surface area contributed by atoms with Crippen molar-refractivity contribution in [3.63, 3.8) is 0 Å². The molecule has 1 aromatic heterocycles. The summed E-state index contributed by atoms with van der Waals surface area (Å²) < 4.78 is 14.4. The minimum atomic E-state index is -0.623. The van der Waals surface area contributed by atoms with Crippen LogP contribution in [0, 0.1) is 5.82 Å². The Morgan fingerprint density at radius 2 is 2.06 bits per heavy atom. The highest BCUT2D eigenvalue weighted by atomic mass is 79.9. The van der Waals surface area contributed by atoms with Gasteiger partial charge in [-0.2, -0.15) is 0 Å². The summed E-state index contributed by atoms with van der Waals surface area (Å²) in [5.41, 5.74) is 6.89. The zero-order chi connectivity index (χ0) is 12.4. The lowest BCUT2D eigenvalue weighted by atomic mass is 10.0. The van der Waals surface area contributed by atoms with E-state index >= 15 is 0 Å². The summed E-state index contributed by atoms with van der Waals surface area (Å²) >= 11 is 8.97. The lowest BCUT2D eigenvalue weighted by molar-refractivity contribution is 0.597. The first-order valence-corrected chi connectivity index (χ1v) is 6.08. The van der Waals surface area contributed by atoms with Crippen LogP contribution >= 0.6 is 27.5 Å². The van der Waals surface area contributed by atoms with Crippen LogP contribution in [0.2, 0.25) is 5.02 Å². The highest BCUT2D eigenvalue weighted by molar-refractivity contribution is 9.10. The molecule has 1 aromatic carbocycles. The van der Waals surface area contributed by atoms with E-state index in [2.05, 4.69) is 20.9 Å². The fourth-order valence-corrected chi connectivity index (χ4v) is 1.98. The predicted molar refractivity (Wildman–Crippen MR) is 69.4 cm³/mol. The standard InChI is InChI=1S/C12H9BrClFN2/c13-8-5-4-7(11(15)10(8)14)12(16)9-3-1-2-6-17-9/h1-6,12H,16H2.